The van der Waals surface area contributed by atoms with Crippen LogP contribution in [-0.4, -0.2) is 29.4 Å². The van der Waals surface area contributed by atoms with Crippen LogP contribution in [0.5, 0.6) is 0 Å². The summed E-state index contributed by atoms with van der Waals surface area (Å²) in [6.07, 6.45) is 9.04. The van der Waals surface area contributed by atoms with Gasteiger partial charge >= 0.3 is 0 Å². The summed E-state index contributed by atoms with van der Waals surface area (Å²) >= 11 is 0. The molecule has 1 atom stereocenters. The quantitative estimate of drug-likeness (QED) is 0.693. The van der Waals surface area contributed by atoms with Crippen LogP contribution in [0.1, 0.15) is 51.9 Å². The first-order valence-corrected chi connectivity index (χ1v) is 6.85. The number of carbonyl (C=O) groups excluding carboxylic acids is 1. The Balaban J connectivity index is 2.50. The van der Waals surface area contributed by atoms with E-state index < -0.39 is 0 Å². The van der Waals surface area contributed by atoms with Crippen molar-refractivity contribution in [2.45, 2.75) is 64.0 Å². The summed E-state index contributed by atoms with van der Waals surface area (Å²) in [6, 6.07) is 0.440. The fourth-order valence-electron chi connectivity index (χ4n) is 2.62. The van der Waals surface area contributed by atoms with E-state index in [1.165, 1.54) is 12.8 Å². The summed E-state index contributed by atoms with van der Waals surface area (Å²) < 4.78 is 0. The van der Waals surface area contributed by atoms with Crippen LogP contribution in [0.25, 0.3) is 0 Å². The van der Waals surface area contributed by atoms with Crippen molar-refractivity contribution >= 4 is 5.91 Å². The van der Waals surface area contributed by atoms with Gasteiger partial charge in [-0.15, -0.1) is 6.58 Å². The smallest absolute Gasteiger partial charge is 0.224 e. The average Bonchev–Trinajstić information content (AvgIpc) is 2.79. The summed E-state index contributed by atoms with van der Waals surface area (Å²) in [5.74, 6) is 0.206. The molecule has 17 heavy (non-hydrogen) atoms. The van der Waals surface area contributed by atoms with Crippen LogP contribution in [0, 0.1) is 0 Å². The molecule has 0 heterocycles. The molecule has 0 aromatic heterocycles. The second-order valence-corrected chi connectivity index (χ2v) is 5.03. The maximum Gasteiger partial charge on any atom is 0.224 e. The van der Waals surface area contributed by atoms with Gasteiger partial charge in [0.2, 0.25) is 5.91 Å². The third-order valence-electron chi connectivity index (χ3n) is 3.51. The zero-order valence-corrected chi connectivity index (χ0v) is 11.0. The molecule has 1 fully saturated rings. The first kappa shape index (κ1) is 14.2. The maximum absolute atomic E-state index is 12.2. The minimum absolute atomic E-state index is 0.0150. The highest BCUT2D eigenvalue weighted by Gasteiger charge is 2.26. The lowest BCUT2D eigenvalue weighted by Gasteiger charge is -2.29. The molecule has 98 valence electrons. The summed E-state index contributed by atoms with van der Waals surface area (Å²) in [6.45, 7) is 6.51. The van der Waals surface area contributed by atoms with E-state index in [2.05, 4.69) is 13.5 Å². The van der Waals surface area contributed by atoms with Gasteiger partial charge in [0.05, 0.1) is 0 Å². The Morgan fingerprint density at radius 3 is 2.71 bits per heavy atom. The standard InChI is InChI=1S/C14H26N2O/c1-3-7-12(15)11-14(17)16(10-4-2)13-8-5-6-9-13/h4,12-13H,2-3,5-11,15H2,1H3. The van der Waals surface area contributed by atoms with Crippen molar-refractivity contribution < 1.29 is 4.79 Å². The van der Waals surface area contributed by atoms with Gasteiger partial charge in [0.15, 0.2) is 0 Å². The monoisotopic (exact) mass is 238 g/mol. The molecule has 1 rings (SSSR count). The molecule has 2 N–H and O–H groups in total. The SMILES string of the molecule is C=CCN(C(=O)CC(N)CCC)C1CCCC1. The number of amides is 1. The lowest BCUT2D eigenvalue weighted by molar-refractivity contribution is -0.133. The number of carbonyl (C=O) groups is 1. The summed E-state index contributed by atoms with van der Waals surface area (Å²) in [4.78, 5) is 14.2. The molecule has 0 radical (unpaired) electrons. The number of hydrogen-bond donors (Lipinski definition) is 1. The van der Waals surface area contributed by atoms with Gasteiger partial charge in [0.1, 0.15) is 0 Å². The first-order valence-electron chi connectivity index (χ1n) is 6.85. The third kappa shape index (κ3) is 4.50. The molecule has 0 aromatic rings. The Hall–Kier alpha value is -0.830. The van der Waals surface area contributed by atoms with Crippen LogP contribution in [0.4, 0.5) is 0 Å². The first-order chi connectivity index (χ1) is 8.19. The van der Waals surface area contributed by atoms with E-state index in [9.17, 15) is 4.79 Å². The van der Waals surface area contributed by atoms with E-state index >= 15 is 0 Å². The zero-order valence-electron chi connectivity index (χ0n) is 11.0. The molecule has 0 saturated heterocycles. The zero-order chi connectivity index (χ0) is 12.7. The van der Waals surface area contributed by atoms with E-state index in [4.69, 9.17) is 5.73 Å². The van der Waals surface area contributed by atoms with Crippen LogP contribution in [0.15, 0.2) is 12.7 Å². The van der Waals surface area contributed by atoms with Crippen molar-refractivity contribution in [1.29, 1.82) is 0 Å². The second-order valence-electron chi connectivity index (χ2n) is 5.03. The predicted molar refractivity (Wildman–Crippen MR) is 71.7 cm³/mol. The van der Waals surface area contributed by atoms with Crippen molar-refractivity contribution in [1.82, 2.24) is 4.90 Å². The lowest BCUT2D eigenvalue weighted by atomic mass is 10.1. The molecule has 3 heteroatoms. The Bertz CT molecular complexity index is 247. The van der Waals surface area contributed by atoms with Gasteiger partial charge in [-0.05, 0) is 19.3 Å². The fourth-order valence-corrected chi connectivity index (χ4v) is 2.62. The Kier molecular flexibility index (Phi) is 6.27. The van der Waals surface area contributed by atoms with Gasteiger partial charge in [-0.2, -0.15) is 0 Å². The van der Waals surface area contributed by atoms with Crippen molar-refractivity contribution in [3.05, 3.63) is 12.7 Å². The van der Waals surface area contributed by atoms with E-state index in [1.54, 1.807) is 0 Å². The molecule has 0 aliphatic heterocycles. The molecule has 1 amide bonds. The fraction of sp³-hybridized carbons (Fsp3) is 0.786. The van der Waals surface area contributed by atoms with E-state index in [-0.39, 0.29) is 11.9 Å². The lowest BCUT2D eigenvalue weighted by Crippen LogP contribution is -2.41. The maximum atomic E-state index is 12.2. The van der Waals surface area contributed by atoms with Gasteiger partial charge in [-0.1, -0.05) is 32.3 Å². The molecule has 1 aliphatic carbocycles. The molecule has 3 nitrogen and oxygen atoms in total. The van der Waals surface area contributed by atoms with Crippen molar-refractivity contribution in [2.75, 3.05) is 6.54 Å². The molecule has 1 unspecified atom stereocenters. The number of rotatable bonds is 7. The van der Waals surface area contributed by atoms with Gasteiger partial charge in [-0.3, -0.25) is 4.79 Å². The Morgan fingerprint density at radius 1 is 1.53 bits per heavy atom. The Morgan fingerprint density at radius 2 is 2.18 bits per heavy atom. The molecular weight excluding hydrogens is 212 g/mol. The van der Waals surface area contributed by atoms with Crippen LogP contribution in [0.2, 0.25) is 0 Å². The van der Waals surface area contributed by atoms with Crippen LogP contribution >= 0.6 is 0 Å². The molecule has 0 bridgehead atoms. The normalized spacial score (nSPS) is 18.0. The van der Waals surface area contributed by atoms with E-state index in [0.29, 0.717) is 19.0 Å². The highest BCUT2D eigenvalue weighted by Crippen LogP contribution is 2.24. The van der Waals surface area contributed by atoms with Crippen molar-refractivity contribution in [3.8, 4) is 0 Å². The third-order valence-corrected chi connectivity index (χ3v) is 3.51. The van der Waals surface area contributed by atoms with Gasteiger partial charge in [0, 0.05) is 25.0 Å². The summed E-state index contributed by atoms with van der Waals surface area (Å²) in [7, 11) is 0. The minimum atomic E-state index is 0.0150. The van der Waals surface area contributed by atoms with Gasteiger partial charge in [-0.25, -0.2) is 0 Å². The minimum Gasteiger partial charge on any atom is -0.336 e. The highest BCUT2D eigenvalue weighted by atomic mass is 16.2. The molecule has 0 aromatic carbocycles. The number of nitrogens with two attached hydrogens (primary N) is 1. The van der Waals surface area contributed by atoms with Crippen molar-refractivity contribution in [3.63, 3.8) is 0 Å². The van der Waals surface area contributed by atoms with E-state index in [1.807, 2.05) is 11.0 Å². The van der Waals surface area contributed by atoms with Crippen molar-refractivity contribution in [2.24, 2.45) is 5.73 Å². The van der Waals surface area contributed by atoms with Crippen LogP contribution < -0.4 is 5.73 Å². The molecule has 1 saturated carbocycles. The molecule has 1 aliphatic rings. The van der Waals surface area contributed by atoms with Crippen LogP contribution in [0.3, 0.4) is 0 Å². The number of nitrogens with zero attached hydrogens (tertiary/aromatic N) is 1. The predicted octanol–water partition coefficient (Wildman–Crippen LogP) is 2.46. The largest absolute Gasteiger partial charge is 0.336 e. The average molecular weight is 238 g/mol. The summed E-state index contributed by atoms with van der Waals surface area (Å²) in [5.41, 5.74) is 5.94. The highest BCUT2D eigenvalue weighted by molar-refractivity contribution is 5.77. The summed E-state index contributed by atoms with van der Waals surface area (Å²) in [5, 5.41) is 0. The van der Waals surface area contributed by atoms with Gasteiger partial charge < -0.3 is 10.6 Å². The molecular formula is C14H26N2O. The van der Waals surface area contributed by atoms with E-state index in [0.717, 1.165) is 25.7 Å². The van der Waals surface area contributed by atoms with Gasteiger partial charge in [0.25, 0.3) is 0 Å². The molecule has 0 spiro atoms. The Labute approximate surface area is 105 Å². The second kappa shape index (κ2) is 7.49. The number of hydrogen-bond acceptors (Lipinski definition) is 2. The van der Waals surface area contributed by atoms with Crippen LogP contribution in [-0.2, 0) is 4.79 Å². The topological polar surface area (TPSA) is 46.3 Å².